The van der Waals surface area contributed by atoms with Gasteiger partial charge in [0, 0.05) is 17.3 Å². The molecule has 0 aliphatic carbocycles. The number of hydrogen-bond acceptors (Lipinski definition) is 9. The molecule has 0 saturated carbocycles. The molecule has 3 aromatic heterocycles. The van der Waals surface area contributed by atoms with Crippen LogP contribution in [0.2, 0.25) is 0 Å². The molecule has 0 bridgehead atoms. The summed E-state index contributed by atoms with van der Waals surface area (Å²) >= 11 is 2.95. The van der Waals surface area contributed by atoms with Crippen molar-refractivity contribution in [2.45, 2.75) is 18.5 Å². The van der Waals surface area contributed by atoms with Crippen LogP contribution in [0.3, 0.4) is 0 Å². The van der Waals surface area contributed by atoms with Gasteiger partial charge in [-0.1, -0.05) is 32.8 Å². The molecule has 0 aliphatic heterocycles. The number of ketones is 6. The van der Waals surface area contributed by atoms with Crippen LogP contribution in [0.5, 0.6) is 0 Å². The first kappa shape index (κ1) is 40.7. The molecule has 0 aliphatic rings. The minimum absolute atomic E-state index is 0. The number of hydrogen-bond donors (Lipinski definition) is 0. The van der Waals surface area contributed by atoms with Crippen molar-refractivity contribution >= 4 is 68.7 Å². The van der Waals surface area contributed by atoms with Gasteiger partial charge in [-0.2, -0.15) is 39.5 Å². The third-order valence-electron chi connectivity index (χ3n) is 3.92. The third-order valence-corrected chi connectivity index (χ3v) is 6.57. The van der Waals surface area contributed by atoms with Crippen molar-refractivity contribution in [3.63, 3.8) is 0 Å². The van der Waals surface area contributed by atoms with Gasteiger partial charge in [-0.25, -0.2) is 34.0 Å². The second-order valence-corrected chi connectivity index (χ2v) is 9.89. The summed E-state index contributed by atoms with van der Waals surface area (Å²) in [5.74, 6) is -9.13. The summed E-state index contributed by atoms with van der Waals surface area (Å²) < 4.78 is 105. The van der Waals surface area contributed by atoms with Crippen molar-refractivity contribution in [3.8, 4) is 0 Å². The number of alkyl halides is 9. The van der Waals surface area contributed by atoms with Crippen molar-refractivity contribution in [3.05, 3.63) is 86.4 Å². The quantitative estimate of drug-likeness (QED) is 0.102. The van der Waals surface area contributed by atoms with Crippen LogP contribution in [0.1, 0.15) is 29.0 Å². The molecule has 232 valence electrons. The fraction of sp³-hybridized carbons (Fsp3) is 0.125. The number of Topliss-reactive ketones (excluding diaryl/α,β-unsaturated/α-hetero) is 6. The summed E-state index contributed by atoms with van der Waals surface area (Å²) in [5, 5.41) is 4.62. The summed E-state index contributed by atoms with van der Waals surface area (Å²) in [7, 11) is 0. The Kier molecular flexibility index (Phi) is 16.9. The second kappa shape index (κ2) is 17.8. The molecule has 0 N–H and O–H groups in total. The van der Waals surface area contributed by atoms with E-state index in [1.165, 1.54) is 36.4 Å². The van der Waals surface area contributed by atoms with Crippen LogP contribution in [0.15, 0.2) is 52.5 Å². The zero-order chi connectivity index (χ0) is 32.3. The Morgan fingerprint density at radius 1 is 0.465 bits per heavy atom. The number of carbonyl (C=O) groups is 6. The van der Waals surface area contributed by atoms with E-state index in [2.05, 4.69) is 0 Å². The molecule has 6 nitrogen and oxygen atoms in total. The molecule has 0 unspecified atom stereocenters. The summed E-state index contributed by atoms with van der Waals surface area (Å²) in [6.45, 7) is 0. The molecular weight excluding hydrogens is 803 g/mol. The fourth-order valence-corrected chi connectivity index (χ4v) is 3.98. The van der Waals surface area contributed by atoms with E-state index in [0.29, 0.717) is 0 Å². The number of carbonyl (C=O) groups excluding carboxylic acids is 6. The van der Waals surface area contributed by atoms with E-state index in [9.17, 15) is 68.3 Å². The molecule has 3 heterocycles. The van der Waals surface area contributed by atoms with Gasteiger partial charge in [-0.15, -0.1) is 37.5 Å². The Morgan fingerprint density at radius 2 is 0.674 bits per heavy atom. The van der Waals surface area contributed by atoms with Gasteiger partial charge in [0.05, 0.1) is 0 Å². The minimum Gasteiger partial charge on any atom is -0.330 e. The first-order chi connectivity index (χ1) is 19.2. The Labute approximate surface area is 288 Å². The van der Waals surface area contributed by atoms with E-state index in [1.807, 2.05) is 0 Å². The monoisotopic (exact) mass is 816 g/mol. The Morgan fingerprint density at radius 3 is 0.814 bits per heavy atom. The largest absolute Gasteiger partial charge is 3.00 e. The summed E-state index contributed by atoms with van der Waals surface area (Å²) in [6, 6.07) is 8.62. The van der Waals surface area contributed by atoms with E-state index in [4.69, 9.17) is 0 Å². The summed E-state index contributed by atoms with van der Waals surface area (Å²) in [4.78, 5) is 64.5. The molecule has 0 saturated heterocycles. The molecule has 0 amide bonds. The van der Waals surface area contributed by atoms with E-state index in [1.54, 1.807) is 16.1 Å². The Bertz CT molecular complexity index is 1190. The first-order valence-corrected chi connectivity index (χ1v) is 13.0. The van der Waals surface area contributed by atoms with Crippen LogP contribution >= 0.6 is 34.0 Å². The van der Waals surface area contributed by atoms with Crippen LogP contribution in [0, 0.1) is 68.6 Å². The second-order valence-electron chi connectivity index (χ2n) is 7.04. The zero-order valence-corrected chi connectivity index (χ0v) is 25.3. The standard InChI is InChI=1S/3C8H4F3O2S.Eu/c3*9-8(10,11)7(13)4-5(12)6-2-1-3-14-6;/h3*1-4H;/q3*-1;+3. The molecule has 0 aromatic carbocycles. The van der Waals surface area contributed by atoms with Crippen molar-refractivity contribution in [1.29, 1.82) is 0 Å². The van der Waals surface area contributed by atoms with Gasteiger partial charge in [0.1, 0.15) is 0 Å². The maximum absolute atomic E-state index is 11.7. The van der Waals surface area contributed by atoms with E-state index < -0.39 is 53.2 Å². The molecule has 43 heavy (non-hydrogen) atoms. The molecule has 19 heteroatoms. The van der Waals surface area contributed by atoms with E-state index in [0.717, 1.165) is 34.0 Å². The average molecular weight is 816 g/mol. The van der Waals surface area contributed by atoms with Crippen LogP contribution in [0.25, 0.3) is 0 Å². The summed E-state index contributed by atoms with van der Waals surface area (Å²) in [5.41, 5.74) is 0. The predicted molar refractivity (Wildman–Crippen MR) is 132 cm³/mol. The van der Waals surface area contributed by atoms with Gasteiger partial charge in [-0.3, -0.25) is 0 Å². The SMILES string of the molecule is O=C([CH-]C(=O)C(F)(F)F)c1cccs1.O=C([CH-]C(=O)C(F)(F)F)c1cccs1.O=C([CH-]C(=O)C(F)(F)F)c1cccs1.[Eu+3]. The molecule has 3 aromatic rings. The van der Waals surface area contributed by atoms with Gasteiger partial charge in [0.2, 0.25) is 0 Å². The number of halogens is 9. The van der Waals surface area contributed by atoms with Crippen molar-refractivity contribution in [1.82, 2.24) is 0 Å². The summed E-state index contributed by atoms with van der Waals surface area (Å²) in [6.07, 6.45) is -14.8. The van der Waals surface area contributed by atoms with Gasteiger partial charge >= 0.3 is 67.9 Å². The number of thiophene rings is 3. The molecule has 0 atom stereocenters. The normalized spacial score (nSPS) is 10.8. The maximum atomic E-state index is 11.7. The number of rotatable bonds is 9. The van der Waals surface area contributed by atoms with Gasteiger partial charge < -0.3 is 28.8 Å². The van der Waals surface area contributed by atoms with E-state index in [-0.39, 0.29) is 83.3 Å². The first-order valence-electron chi connectivity index (χ1n) is 10.3. The maximum Gasteiger partial charge on any atom is 3.00 e. The molecule has 0 fully saturated rings. The van der Waals surface area contributed by atoms with Crippen LogP contribution in [-0.4, -0.2) is 53.2 Å². The topological polar surface area (TPSA) is 102 Å². The van der Waals surface area contributed by atoms with Gasteiger partial charge in [-0.05, 0) is 16.1 Å². The molecule has 3 rings (SSSR count). The van der Waals surface area contributed by atoms with Crippen LogP contribution in [-0.2, 0) is 14.4 Å². The zero-order valence-electron chi connectivity index (χ0n) is 20.4. The minimum atomic E-state index is -4.98. The van der Waals surface area contributed by atoms with Gasteiger partial charge in [0.25, 0.3) is 0 Å². The van der Waals surface area contributed by atoms with Crippen molar-refractivity contribution in [2.75, 3.05) is 0 Å². The van der Waals surface area contributed by atoms with Crippen molar-refractivity contribution in [2.24, 2.45) is 0 Å². The van der Waals surface area contributed by atoms with Crippen LogP contribution in [0.4, 0.5) is 39.5 Å². The smallest absolute Gasteiger partial charge is 0.330 e. The van der Waals surface area contributed by atoms with Gasteiger partial charge in [0.15, 0.2) is 17.3 Å². The average Bonchev–Trinajstić information content (AvgIpc) is 3.66. The van der Waals surface area contributed by atoms with Crippen LogP contribution < -0.4 is 0 Å². The fourth-order valence-electron chi connectivity index (χ4n) is 2.07. The molecular formula is C24H12EuF9O6S3. The van der Waals surface area contributed by atoms with E-state index >= 15 is 0 Å². The Hall–Kier alpha value is -2.32. The molecule has 0 spiro atoms. The third kappa shape index (κ3) is 15.3. The Balaban J connectivity index is 0.000000608. The molecule has 0 radical (unpaired) electrons. The van der Waals surface area contributed by atoms with Crippen molar-refractivity contribution < 1.29 is 118 Å². The predicted octanol–water partition coefficient (Wildman–Crippen LogP) is 6.80.